The number of aryl methyl sites for hydroxylation is 2. The van der Waals surface area contributed by atoms with E-state index in [-0.39, 0.29) is 0 Å². The van der Waals surface area contributed by atoms with Crippen molar-refractivity contribution in [3.8, 4) is 0 Å². The van der Waals surface area contributed by atoms with Gasteiger partial charge in [0.05, 0.1) is 0 Å². The summed E-state index contributed by atoms with van der Waals surface area (Å²) in [5.41, 5.74) is 0. The highest BCUT2D eigenvalue weighted by atomic mass is 32.2. The van der Waals surface area contributed by atoms with Crippen LogP contribution >= 0.6 is 11.8 Å². The minimum absolute atomic E-state index is 1.11. The van der Waals surface area contributed by atoms with Crippen molar-refractivity contribution >= 4 is 11.8 Å². The Morgan fingerprint density at radius 3 is 2.75 bits per heavy atom. The molecule has 0 saturated carbocycles. The monoisotopic (exact) mass is 288 g/mol. The minimum atomic E-state index is 1.11. The predicted octanol–water partition coefficient (Wildman–Crippen LogP) is 4.80. The molecule has 0 unspecified atom stereocenters. The number of imidazole rings is 1. The lowest BCUT2D eigenvalue weighted by molar-refractivity contribution is 0.593. The molecule has 0 aliphatic carbocycles. The van der Waals surface area contributed by atoms with Gasteiger partial charge < -0.3 is 4.57 Å². The van der Waals surface area contributed by atoms with E-state index in [0.29, 0.717) is 0 Å². The lowest BCUT2D eigenvalue weighted by Crippen LogP contribution is -2.03. The summed E-state index contributed by atoms with van der Waals surface area (Å²) in [5.74, 6) is 2.45. The first kappa shape index (κ1) is 15.2. The van der Waals surface area contributed by atoms with Gasteiger partial charge in [-0.1, -0.05) is 31.5 Å². The van der Waals surface area contributed by atoms with Crippen molar-refractivity contribution in [3.63, 3.8) is 0 Å². The Kier molecular flexibility index (Phi) is 6.72. The van der Waals surface area contributed by atoms with Gasteiger partial charge in [-0.3, -0.25) is 0 Å². The van der Waals surface area contributed by atoms with E-state index in [1.165, 1.54) is 42.2 Å². The fourth-order valence-corrected chi connectivity index (χ4v) is 3.13. The second-order valence-corrected chi connectivity index (χ2v) is 6.18. The van der Waals surface area contributed by atoms with Crippen molar-refractivity contribution in [1.82, 2.24) is 9.55 Å². The van der Waals surface area contributed by atoms with Gasteiger partial charge in [0.15, 0.2) is 0 Å². The summed E-state index contributed by atoms with van der Waals surface area (Å²) in [6, 6.07) is 10.6. The van der Waals surface area contributed by atoms with Gasteiger partial charge in [-0.25, -0.2) is 4.98 Å². The standard InChI is InChI=1S/C17H24N2S/c1-2-3-11-17-18-12-14-19(17)13-7-8-15-20-16-9-5-4-6-10-16/h4-6,9-10,12,14H,2-3,7-8,11,13,15H2,1H3. The van der Waals surface area contributed by atoms with Crippen molar-refractivity contribution in [2.45, 2.75) is 50.5 Å². The Bertz CT molecular complexity index is 479. The van der Waals surface area contributed by atoms with Gasteiger partial charge in [0.1, 0.15) is 5.82 Å². The van der Waals surface area contributed by atoms with Gasteiger partial charge in [0.25, 0.3) is 0 Å². The lowest BCUT2D eigenvalue weighted by atomic mass is 10.2. The zero-order valence-corrected chi connectivity index (χ0v) is 13.1. The van der Waals surface area contributed by atoms with E-state index in [9.17, 15) is 0 Å². The molecule has 20 heavy (non-hydrogen) atoms. The van der Waals surface area contributed by atoms with Crippen LogP contribution in [0.2, 0.25) is 0 Å². The van der Waals surface area contributed by atoms with Crippen molar-refractivity contribution in [2.75, 3.05) is 5.75 Å². The molecule has 0 aliphatic rings. The molecule has 2 nitrogen and oxygen atoms in total. The molecular weight excluding hydrogens is 264 g/mol. The van der Waals surface area contributed by atoms with Crippen molar-refractivity contribution in [1.29, 1.82) is 0 Å². The van der Waals surface area contributed by atoms with Gasteiger partial charge in [-0.2, -0.15) is 0 Å². The van der Waals surface area contributed by atoms with E-state index in [2.05, 4.69) is 53.0 Å². The summed E-state index contributed by atoms with van der Waals surface area (Å²) in [7, 11) is 0. The summed E-state index contributed by atoms with van der Waals surface area (Å²) in [5, 5.41) is 0. The highest BCUT2D eigenvalue weighted by molar-refractivity contribution is 7.99. The zero-order chi connectivity index (χ0) is 14.0. The van der Waals surface area contributed by atoms with Crippen LogP contribution in [0.1, 0.15) is 38.4 Å². The van der Waals surface area contributed by atoms with Crippen molar-refractivity contribution < 1.29 is 0 Å². The summed E-state index contributed by atoms with van der Waals surface area (Å²) in [6.45, 7) is 3.34. The lowest BCUT2D eigenvalue weighted by Gasteiger charge is -2.07. The van der Waals surface area contributed by atoms with Crippen LogP contribution in [-0.2, 0) is 13.0 Å². The van der Waals surface area contributed by atoms with Gasteiger partial charge in [-0.05, 0) is 37.1 Å². The van der Waals surface area contributed by atoms with E-state index in [1.807, 2.05) is 18.0 Å². The molecule has 108 valence electrons. The summed E-state index contributed by atoms with van der Waals surface area (Å²) >= 11 is 1.95. The quantitative estimate of drug-likeness (QED) is 0.487. The van der Waals surface area contributed by atoms with Gasteiger partial charge >= 0.3 is 0 Å². The molecule has 0 aliphatic heterocycles. The van der Waals surface area contributed by atoms with E-state index in [1.54, 1.807) is 0 Å². The third-order valence-electron chi connectivity index (χ3n) is 3.36. The minimum Gasteiger partial charge on any atom is -0.335 e. The van der Waals surface area contributed by atoms with Crippen LogP contribution in [0.15, 0.2) is 47.6 Å². The van der Waals surface area contributed by atoms with Gasteiger partial charge in [-0.15, -0.1) is 11.8 Å². The largest absolute Gasteiger partial charge is 0.335 e. The van der Waals surface area contributed by atoms with Crippen LogP contribution in [-0.4, -0.2) is 15.3 Å². The van der Waals surface area contributed by atoms with Crippen LogP contribution in [0.5, 0.6) is 0 Å². The van der Waals surface area contributed by atoms with Crippen LogP contribution in [0.3, 0.4) is 0 Å². The second kappa shape index (κ2) is 8.85. The van der Waals surface area contributed by atoms with Gasteiger partial charge in [0, 0.05) is 30.3 Å². The molecule has 0 spiro atoms. The third-order valence-corrected chi connectivity index (χ3v) is 4.46. The molecule has 0 N–H and O–H groups in total. The predicted molar refractivity (Wildman–Crippen MR) is 87.2 cm³/mol. The summed E-state index contributed by atoms with van der Waals surface area (Å²) in [4.78, 5) is 5.83. The molecule has 0 saturated heterocycles. The Balaban J connectivity index is 1.65. The Morgan fingerprint density at radius 2 is 1.95 bits per heavy atom. The zero-order valence-electron chi connectivity index (χ0n) is 12.3. The van der Waals surface area contributed by atoms with Crippen LogP contribution < -0.4 is 0 Å². The number of rotatable bonds is 9. The van der Waals surface area contributed by atoms with Crippen molar-refractivity contribution in [2.24, 2.45) is 0 Å². The number of nitrogens with zero attached hydrogens (tertiary/aromatic N) is 2. The molecule has 0 amide bonds. The maximum atomic E-state index is 4.46. The van der Waals surface area contributed by atoms with E-state index < -0.39 is 0 Å². The Hall–Kier alpha value is -1.22. The third kappa shape index (κ3) is 5.04. The van der Waals surface area contributed by atoms with Crippen LogP contribution in [0, 0.1) is 0 Å². The topological polar surface area (TPSA) is 17.8 Å². The number of hydrogen-bond donors (Lipinski definition) is 0. The second-order valence-electron chi connectivity index (χ2n) is 5.01. The first-order valence-electron chi connectivity index (χ1n) is 7.58. The molecule has 1 aromatic carbocycles. The molecule has 2 aromatic rings. The highest BCUT2D eigenvalue weighted by Crippen LogP contribution is 2.18. The fraction of sp³-hybridized carbons (Fsp3) is 0.471. The van der Waals surface area contributed by atoms with Crippen LogP contribution in [0.4, 0.5) is 0 Å². The molecule has 0 fully saturated rings. The Labute approximate surface area is 126 Å². The van der Waals surface area contributed by atoms with Gasteiger partial charge in [0.2, 0.25) is 0 Å². The van der Waals surface area contributed by atoms with E-state index in [4.69, 9.17) is 0 Å². The average molecular weight is 288 g/mol. The maximum absolute atomic E-state index is 4.46. The van der Waals surface area contributed by atoms with Crippen LogP contribution in [0.25, 0.3) is 0 Å². The normalized spacial score (nSPS) is 10.8. The molecule has 2 rings (SSSR count). The number of hydrogen-bond acceptors (Lipinski definition) is 2. The highest BCUT2D eigenvalue weighted by Gasteiger charge is 2.01. The first-order chi connectivity index (χ1) is 9.90. The molecule has 0 atom stereocenters. The number of aromatic nitrogens is 2. The smallest absolute Gasteiger partial charge is 0.108 e. The molecular formula is C17H24N2S. The van der Waals surface area contributed by atoms with Crippen molar-refractivity contribution in [3.05, 3.63) is 48.5 Å². The number of benzene rings is 1. The number of unbranched alkanes of at least 4 members (excludes halogenated alkanes) is 2. The average Bonchev–Trinajstić information content (AvgIpc) is 2.93. The number of thioether (sulfide) groups is 1. The summed E-state index contributed by atoms with van der Waals surface area (Å²) < 4.78 is 2.32. The molecule has 1 heterocycles. The summed E-state index contributed by atoms with van der Waals surface area (Å²) in [6.07, 6.45) is 10.1. The van der Waals surface area contributed by atoms with E-state index in [0.717, 1.165) is 13.0 Å². The molecule has 0 bridgehead atoms. The Morgan fingerprint density at radius 1 is 1.10 bits per heavy atom. The molecule has 0 radical (unpaired) electrons. The molecule has 3 heteroatoms. The van der Waals surface area contributed by atoms with E-state index >= 15 is 0 Å². The maximum Gasteiger partial charge on any atom is 0.108 e. The molecule has 1 aromatic heterocycles. The SMILES string of the molecule is CCCCc1nccn1CCCCSc1ccccc1. The first-order valence-corrected chi connectivity index (χ1v) is 8.56. The fourth-order valence-electron chi connectivity index (χ4n) is 2.20.